The summed E-state index contributed by atoms with van der Waals surface area (Å²) in [5.74, 6) is 0. The summed E-state index contributed by atoms with van der Waals surface area (Å²) >= 11 is 7.21. The number of halogens is 1. The van der Waals surface area contributed by atoms with Crippen molar-refractivity contribution in [2.24, 2.45) is 0 Å². The summed E-state index contributed by atoms with van der Waals surface area (Å²) in [4.78, 5) is 0. The van der Waals surface area contributed by atoms with E-state index in [0.29, 0.717) is 0 Å². The fourth-order valence-corrected chi connectivity index (χ4v) is 2.13. The molecule has 0 fully saturated rings. The Morgan fingerprint density at radius 2 is 2.33 bits per heavy atom. The van der Waals surface area contributed by atoms with Crippen LogP contribution in [0.3, 0.4) is 0 Å². The van der Waals surface area contributed by atoms with Crippen molar-refractivity contribution in [2.45, 2.75) is 26.1 Å². The number of unbranched alkanes of at least 4 members (excludes halogenated alkanes) is 1. The van der Waals surface area contributed by atoms with E-state index in [0.717, 1.165) is 28.3 Å². The van der Waals surface area contributed by atoms with E-state index in [4.69, 9.17) is 11.6 Å². The summed E-state index contributed by atoms with van der Waals surface area (Å²) in [5.41, 5.74) is 0. The van der Waals surface area contributed by atoms with E-state index in [1.807, 2.05) is 12.1 Å². The molecule has 0 unspecified atom stereocenters. The molecule has 66 valence electrons. The van der Waals surface area contributed by atoms with Gasteiger partial charge in [0.15, 0.2) is 0 Å². The molecule has 0 amide bonds. The summed E-state index contributed by atoms with van der Waals surface area (Å²) in [6, 6.07) is 3.73. The van der Waals surface area contributed by atoms with Gasteiger partial charge in [-0.2, -0.15) is 0 Å². The SMILES string of the molecule is CCCCB(O)c1ccc(Cl)s1. The number of rotatable bonds is 4. The molecule has 0 aliphatic heterocycles. The average Bonchev–Trinajstić information content (AvgIpc) is 2.47. The molecule has 0 saturated heterocycles. The van der Waals surface area contributed by atoms with Crippen molar-refractivity contribution in [2.75, 3.05) is 0 Å². The molecule has 4 heteroatoms. The zero-order valence-corrected chi connectivity index (χ0v) is 8.66. The second-order valence-electron chi connectivity index (χ2n) is 2.80. The highest BCUT2D eigenvalue weighted by Crippen LogP contribution is 2.14. The van der Waals surface area contributed by atoms with Crippen molar-refractivity contribution in [3.63, 3.8) is 0 Å². The van der Waals surface area contributed by atoms with Crippen LogP contribution < -0.4 is 4.78 Å². The van der Waals surface area contributed by atoms with E-state index in [1.54, 1.807) is 0 Å². The van der Waals surface area contributed by atoms with Gasteiger partial charge in [-0.15, -0.1) is 11.3 Å². The Morgan fingerprint density at radius 1 is 1.58 bits per heavy atom. The Labute approximate surface area is 82.5 Å². The van der Waals surface area contributed by atoms with Gasteiger partial charge in [-0.25, -0.2) is 0 Å². The maximum absolute atomic E-state index is 9.62. The first-order chi connectivity index (χ1) is 5.74. The molecular formula is C8H12BClOS. The molecule has 0 atom stereocenters. The molecule has 1 nitrogen and oxygen atoms in total. The van der Waals surface area contributed by atoms with Gasteiger partial charge in [0.25, 0.3) is 0 Å². The summed E-state index contributed by atoms with van der Waals surface area (Å²) < 4.78 is 1.73. The maximum atomic E-state index is 9.62. The summed E-state index contributed by atoms with van der Waals surface area (Å²) in [6.45, 7) is 1.80. The first-order valence-corrected chi connectivity index (χ1v) is 5.36. The third-order valence-corrected chi connectivity index (χ3v) is 3.09. The average molecular weight is 203 g/mol. The zero-order chi connectivity index (χ0) is 8.97. The van der Waals surface area contributed by atoms with Gasteiger partial charge >= 0.3 is 6.92 Å². The molecule has 0 aliphatic carbocycles. The van der Waals surface area contributed by atoms with Crippen molar-refractivity contribution in [3.05, 3.63) is 16.5 Å². The normalized spacial score (nSPS) is 10.2. The van der Waals surface area contributed by atoms with Crippen LogP contribution in [-0.2, 0) is 0 Å². The third kappa shape index (κ3) is 2.81. The quantitative estimate of drug-likeness (QED) is 0.744. The van der Waals surface area contributed by atoms with Crippen LogP contribution in [0.1, 0.15) is 19.8 Å². The molecular weight excluding hydrogens is 190 g/mol. The minimum absolute atomic E-state index is 0.317. The first-order valence-electron chi connectivity index (χ1n) is 4.17. The Kier molecular flexibility index (Phi) is 4.12. The van der Waals surface area contributed by atoms with Gasteiger partial charge in [0, 0.05) is 4.78 Å². The number of thiophene rings is 1. The molecule has 1 aromatic rings. The van der Waals surface area contributed by atoms with Crippen molar-refractivity contribution < 1.29 is 5.02 Å². The highest BCUT2D eigenvalue weighted by Gasteiger charge is 2.14. The minimum atomic E-state index is -0.317. The van der Waals surface area contributed by atoms with E-state index < -0.39 is 0 Å². The second-order valence-corrected chi connectivity index (χ2v) is 4.55. The van der Waals surface area contributed by atoms with Crippen molar-refractivity contribution in [1.82, 2.24) is 0 Å². The molecule has 1 N–H and O–H groups in total. The molecule has 0 aromatic carbocycles. The van der Waals surface area contributed by atoms with Gasteiger partial charge in [0.1, 0.15) is 0 Å². The van der Waals surface area contributed by atoms with Crippen LogP contribution >= 0.6 is 22.9 Å². The monoisotopic (exact) mass is 202 g/mol. The molecule has 0 radical (unpaired) electrons. The standard InChI is InChI=1S/C8H12BClOS/c1-2-3-6-9(11)7-4-5-8(10)12-7/h4-5,11H,2-3,6H2,1H3. The third-order valence-electron chi connectivity index (χ3n) is 1.75. The van der Waals surface area contributed by atoms with Crippen molar-refractivity contribution in [1.29, 1.82) is 0 Å². The second kappa shape index (κ2) is 4.90. The molecule has 0 saturated carbocycles. The smallest absolute Gasteiger partial charge is 0.334 e. The Balaban J connectivity index is 2.47. The fourth-order valence-electron chi connectivity index (χ4n) is 1.05. The van der Waals surface area contributed by atoms with Gasteiger partial charge in [0.05, 0.1) is 4.34 Å². The lowest BCUT2D eigenvalue weighted by Crippen LogP contribution is -2.26. The Bertz CT molecular complexity index is 239. The van der Waals surface area contributed by atoms with Gasteiger partial charge < -0.3 is 5.02 Å². The number of hydrogen-bond donors (Lipinski definition) is 1. The predicted molar refractivity (Wildman–Crippen MR) is 56.7 cm³/mol. The largest absolute Gasteiger partial charge is 0.446 e. The lowest BCUT2D eigenvalue weighted by atomic mass is 9.63. The summed E-state index contributed by atoms with van der Waals surface area (Å²) in [6.07, 6.45) is 3.03. The summed E-state index contributed by atoms with van der Waals surface area (Å²) in [7, 11) is 0. The van der Waals surface area contributed by atoms with E-state index in [1.165, 1.54) is 11.3 Å². The zero-order valence-electron chi connectivity index (χ0n) is 7.09. The van der Waals surface area contributed by atoms with Crippen molar-refractivity contribution in [3.8, 4) is 0 Å². The highest BCUT2D eigenvalue weighted by molar-refractivity contribution is 7.25. The summed E-state index contributed by atoms with van der Waals surface area (Å²) in [5, 5.41) is 9.62. The van der Waals surface area contributed by atoms with E-state index >= 15 is 0 Å². The van der Waals surface area contributed by atoms with Crippen LogP contribution in [0.4, 0.5) is 0 Å². The molecule has 1 aromatic heterocycles. The Morgan fingerprint density at radius 3 is 2.83 bits per heavy atom. The molecule has 1 heterocycles. The molecule has 0 aliphatic rings. The van der Waals surface area contributed by atoms with Crippen LogP contribution in [0.25, 0.3) is 0 Å². The lowest BCUT2D eigenvalue weighted by Gasteiger charge is -2.00. The van der Waals surface area contributed by atoms with E-state index in [9.17, 15) is 5.02 Å². The number of hydrogen-bond acceptors (Lipinski definition) is 2. The first kappa shape index (κ1) is 10.1. The molecule has 0 spiro atoms. The molecule has 12 heavy (non-hydrogen) atoms. The van der Waals surface area contributed by atoms with E-state index in [-0.39, 0.29) is 6.92 Å². The van der Waals surface area contributed by atoms with Crippen LogP contribution in [0.2, 0.25) is 10.7 Å². The highest BCUT2D eigenvalue weighted by atomic mass is 35.5. The minimum Gasteiger partial charge on any atom is -0.446 e. The van der Waals surface area contributed by atoms with E-state index in [2.05, 4.69) is 6.92 Å². The van der Waals surface area contributed by atoms with Crippen LogP contribution in [0.5, 0.6) is 0 Å². The Hall–Kier alpha value is 0.0149. The van der Waals surface area contributed by atoms with Crippen LogP contribution in [-0.4, -0.2) is 11.9 Å². The van der Waals surface area contributed by atoms with Crippen LogP contribution in [0.15, 0.2) is 12.1 Å². The fraction of sp³-hybridized carbons (Fsp3) is 0.500. The topological polar surface area (TPSA) is 20.2 Å². The van der Waals surface area contributed by atoms with Gasteiger partial charge in [0.2, 0.25) is 0 Å². The maximum Gasteiger partial charge on any atom is 0.334 e. The lowest BCUT2D eigenvalue weighted by molar-refractivity contribution is 0.579. The predicted octanol–water partition coefficient (Wildman–Crippen LogP) is 2.39. The van der Waals surface area contributed by atoms with Crippen molar-refractivity contribution >= 4 is 34.6 Å². The van der Waals surface area contributed by atoms with Gasteiger partial charge in [-0.1, -0.05) is 37.4 Å². The molecule has 1 rings (SSSR count). The van der Waals surface area contributed by atoms with Crippen LogP contribution in [0, 0.1) is 0 Å². The van der Waals surface area contributed by atoms with Gasteiger partial charge in [-0.05, 0) is 12.4 Å². The van der Waals surface area contributed by atoms with Gasteiger partial charge in [-0.3, -0.25) is 0 Å². The molecule has 0 bridgehead atoms.